The average Bonchev–Trinajstić information content (AvgIpc) is 3.28. The largest absolute Gasteiger partial charge is 0.352 e. The molecule has 1 aromatic heterocycles. The third-order valence-electron chi connectivity index (χ3n) is 3.93. The number of nitrogens with one attached hydrogen (secondary N) is 2. The number of hydrogen-bond donors (Lipinski definition) is 2. The fourth-order valence-corrected chi connectivity index (χ4v) is 2.53. The molecule has 2 N–H and O–H groups in total. The van der Waals surface area contributed by atoms with Gasteiger partial charge in [0.25, 0.3) is 0 Å². The molecule has 1 atom stereocenters. The Bertz CT molecular complexity index is 707. The topological polar surface area (TPSA) is 76.0 Å². The van der Waals surface area contributed by atoms with Crippen LogP contribution in [0.1, 0.15) is 24.0 Å². The molecule has 1 heterocycles. The van der Waals surface area contributed by atoms with Gasteiger partial charge in [-0.1, -0.05) is 30.3 Å². The predicted octanol–water partition coefficient (Wildman–Crippen LogP) is 1.20. The summed E-state index contributed by atoms with van der Waals surface area (Å²) in [5, 5.41) is 9.92. The van der Waals surface area contributed by atoms with Crippen LogP contribution in [0.4, 0.5) is 0 Å². The van der Waals surface area contributed by atoms with Gasteiger partial charge in [0.05, 0.1) is 6.20 Å². The Hall–Kier alpha value is -2.63. The second-order valence-corrected chi connectivity index (χ2v) is 6.31. The first-order chi connectivity index (χ1) is 11.6. The highest BCUT2D eigenvalue weighted by Crippen LogP contribution is 2.19. The first-order valence-electron chi connectivity index (χ1n) is 8.23. The van der Waals surface area contributed by atoms with Crippen molar-refractivity contribution in [2.45, 2.75) is 44.8 Å². The molecule has 0 bridgehead atoms. The molecule has 2 amide bonds. The highest BCUT2D eigenvalue weighted by Gasteiger charge is 2.28. The fourth-order valence-electron chi connectivity index (χ4n) is 2.53. The second-order valence-electron chi connectivity index (χ2n) is 6.31. The maximum absolute atomic E-state index is 12.4. The molecule has 24 heavy (non-hydrogen) atoms. The van der Waals surface area contributed by atoms with Crippen LogP contribution in [0.15, 0.2) is 42.7 Å². The highest BCUT2D eigenvalue weighted by atomic mass is 16.2. The standard InChI is InChI=1S/C18H22N4O2/c1-13-10-19-22(11-13)12-17(23)21-16(18(24)20-15-7-8-15)9-14-5-3-2-4-6-14/h2-6,10-11,15-16H,7-9,12H2,1H3,(H,20,24)(H,21,23)/t16-/m1/s1. The zero-order valence-electron chi connectivity index (χ0n) is 13.7. The molecule has 6 heteroatoms. The minimum absolute atomic E-state index is 0.107. The van der Waals surface area contributed by atoms with Crippen molar-refractivity contribution in [2.24, 2.45) is 0 Å². The van der Waals surface area contributed by atoms with Crippen molar-refractivity contribution in [1.82, 2.24) is 20.4 Å². The van der Waals surface area contributed by atoms with E-state index < -0.39 is 6.04 Å². The van der Waals surface area contributed by atoms with Crippen LogP contribution in [0.5, 0.6) is 0 Å². The van der Waals surface area contributed by atoms with Gasteiger partial charge in [-0.15, -0.1) is 0 Å². The van der Waals surface area contributed by atoms with Gasteiger partial charge in [0.2, 0.25) is 11.8 Å². The maximum Gasteiger partial charge on any atom is 0.243 e. The minimum atomic E-state index is -0.572. The third kappa shape index (κ3) is 4.68. The Labute approximate surface area is 141 Å². The molecule has 0 radical (unpaired) electrons. The van der Waals surface area contributed by atoms with E-state index in [0.29, 0.717) is 6.42 Å². The zero-order chi connectivity index (χ0) is 16.9. The van der Waals surface area contributed by atoms with Gasteiger partial charge in [-0.25, -0.2) is 0 Å². The number of aryl methyl sites for hydroxylation is 1. The summed E-state index contributed by atoms with van der Waals surface area (Å²) in [5.74, 6) is -0.337. The number of carbonyl (C=O) groups excluding carboxylic acids is 2. The van der Waals surface area contributed by atoms with E-state index in [4.69, 9.17) is 0 Å². The Morgan fingerprint density at radius 2 is 2.04 bits per heavy atom. The van der Waals surface area contributed by atoms with Crippen LogP contribution >= 0.6 is 0 Å². The summed E-state index contributed by atoms with van der Waals surface area (Å²) in [6.07, 6.45) is 6.02. The molecular formula is C18H22N4O2. The number of hydrogen-bond acceptors (Lipinski definition) is 3. The first-order valence-corrected chi connectivity index (χ1v) is 8.23. The zero-order valence-corrected chi connectivity index (χ0v) is 13.7. The van der Waals surface area contributed by atoms with Crippen molar-refractivity contribution in [3.8, 4) is 0 Å². The summed E-state index contributed by atoms with van der Waals surface area (Å²) < 4.78 is 1.57. The molecule has 0 aliphatic heterocycles. The molecule has 0 spiro atoms. The summed E-state index contributed by atoms with van der Waals surface area (Å²) in [4.78, 5) is 24.7. The normalized spacial score (nSPS) is 14.9. The molecule has 1 aliphatic carbocycles. The molecule has 1 aromatic carbocycles. The fraction of sp³-hybridized carbons (Fsp3) is 0.389. The highest BCUT2D eigenvalue weighted by molar-refractivity contribution is 5.88. The van der Waals surface area contributed by atoms with Crippen LogP contribution in [0.2, 0.25) is 0 Å². The van der Waals surface area contributed by atoms with Gasteiger partial charge in [-0.05, 0) is 30.9 Å². The van der Waals surface area contributed by atoms with E-state index >= 15 is 0 Å². The van der Waals surface area contributed by atoms with Crippen LogP contribution in [0, 0.1) is 6.92 Å². The van der Waals surface area contributed by atoms with Gasteiger partial charge in [-0.2, -0.15) is 5.10 Å². The van der Waals surface area contributed by atoms with Gasteiger partial charge >= 0.3 is 0 Å². The monoisotopic (exact) mass is 326 g/mol. The van der Waals surface area contributed by atoms with Crippen LogP contribution in [0.3, 0.4) is 0 Å². The summed E-state index contributed by atoms with van der Waals surface area (Å²) >= 11 is 0. The summed E-state index contributed by atoms with van der Waals surface area (Å²) in [7, 11) is 0. The average molecular weight is 326 g/mol. The van der Waals surface area contributed by atoms with Crippen LogP contribution in [-0.2, 0) is 22.6 Å². The molecule has 1 saturated carbocycles. The van der Waals surface area contributed by atoms with Gasteiger partial charge in [0.1, 0.15) is 12.6 Å². The van der Waals surface area contributed by atoms with E-state index in [-0.39, 0.29) is 24.4 Å². The SMILES string of the molecule is Cc1cnn(CC(=O)N[C@H](Cc2ccccc2)C(=O)NC2CC2)c1. The van der Waals surface area contributed by atoms with E-state index in [9.17, 15) is 9.59 Å². The van der Waals surface area contributed by atoms with E-state index in [1.165, 1.54) is 0 Å². The third-order valence-corrected chi connectivity index (χ3v) is 3.93. The lowest BCUT2D eigenvalue weighted by Crippen LogP contribution is -2.49. The molecule has 0 unspecified atom stereocenters. The van der Waals surface area contributed by atoms with Crippen LogP contribution < -0.4 is 10.6 Å². The molecule has 0 saturated heterocycles. The molecule has 1 aliphatic rings. The van der Waals surface area contributed by atoms with Gasteiger partial charge in [-0.3, -0.25) is 14.3 Å². The van der Waals surface area contributed by atoms with Gasteiger partial charge in [0, 0.05) is 18.7 Å². The first kappa shape index (κ1) is 16.2. The van der Waals surface area contributed by atoms with Gasteiger partial charge in [0.15, 0.2) is 0 Å². The minimum Gasteiger partial charge on any atom is -0.352 e. The van der Waals surface area contributed by atoms with E-state index in [1.54, 1.807) is 17.1 Å². The second kappa shape index (κ2) is 7.29. The number of carbonyl (C=O) groups is 2. The van der Waals surface area contributed by atoms with Crippen LogP contribution in [0.25, 0.3) is 0 Å². The van der Waals surface area contributed by atoms with Crippen molar-refractivity contribution in [2.75, 3.05) is 0 Å². The Balaban J connectivity index is 1.63. The number of nitrogens with zero attached hydrogens (tertiary/aromatic N) is 2. The van der Waals surface area contributed by atoms with E-state index in [0.717, 1.165) is 24.0 Å². The Morgan fingerprint density at radius 3 is 2.67 bits per heavy atom. The molecular weight excluding hydrogens is 304 g/mol. The maximum atomic E-state index is 12.4. The van der Waals surface area contributed by atoms with E-state index in [2.05, 4.69) is 15.7 Å². The van der Waals surface area contributed by atoms with Crippen LogP contribution in [-0.4, -0.2) is 33.7 Å². The smallest absolute Gasteiger partial charge is 0.243 e. The van der Waals surface area contributed by atoms with Crippen molar-refractivity contribution in [3.63, 3.8) is 0 Å². The van der Waals surface area contributed by atoms with Crippen molar-refractivity contribution in [3.05, 3.63) is 53.9 Å². The molecule has 6 nitrogen and oxygen atoms in total. The lowest BCUT2D eigenvalue weighted by Gasteiger charge is -2.18. The molecule has 3 rings (SSSR count). The molecule has 2 aromatic rings. The van der Waals surface area contributed by atoms with Gasteiger partial charge < -0.3 is 10.6 Å². The molecule has 126 valence electrons. The Kier molecular flexibility index (Phi) is 4.93. The molecule has 1 fully saturated rings. The van der Waals surface area contributed by atoms with Crippen molar-refractivity contribution in [1.29, 1.82) is 0 Å². The number of benzene rings is 1. The predicted molar refractivity (Wildman–Crippen MR) is 90.2 cm³/mol. The summed E-state index contributed by atoms with van der Waals surface area (Å²) in [5.41, 5.74) is 2.01. The number of amides is 2. The number of aromatic nitrogens is 2. The number of rotatable bonds is 7. The quantitative estimate of drug-likeness (QED) is 0.803. The summed E-state index contributed by atoms with van der Waals surface area (Å²) in [6, 6.07) is 9.40. The Morgan fingerprint density at radius 1 is 1.29 bits per heavy atom. The van der Waals surface area contributed by atoms with Crippen molar-refractivity contribution >= 4 is 11.8 Å². The lowest BCUT2D eigenvalue weighted by molar-refractivity contribution is -0.129. The summed E-state index contributed by atoms with van der Waals surface area (Å²) in [6.45, 7) is 2.03. The van der Waals surface area contributed by atoms with E-state index in [1.807, 2.05) is 37.3 Å². The van der Waals surface area contributed by atoms with Crippen molar-refractivity contribution < 1.29 is 9.59 Å². The lowest BCUT2D eigenvalue weighted by atomic mass is 10.1.